The third-order valence-corrected chi connectivity index (χ3v) is 6.71. The van der Waals surface area contributed by atoms with Gasteiger partial charge in [-0.3, -0.25) is 0 Å². The van der Waals surface area contributed by atoms with E-state index < -0.39 is 11.6 Å². The summed E-state index contributed by atoms with van der Waals surface area (Å²) in [5.41, 5.74) is 0. The monoisotopic (exact) mass is 408 g/mol. The van der Waals surface area contributed by atoms with E-state index in [1.54, 1.807) is 0 Å². The zero-order valence-corrected chi connectivity index (χ0v) is 17.5. The fourth-order valence-electron chi connectivity index (χ4n) is 4.74. The standard InChI is InChI=1S/C24H34F2O3/c1-2-3-17-4-8-19(9-5-17)15-28-21-12-13-22(24(26)23(21)25)29-16-20-10-6-18(14-27)7-11-20/h12-14,17-20H,2-11,15-16H2,1H3. The highest BCUT2D eigenvalue weighted by molar-refractivity contribution is 5.53. The van der Waals surface area contributed by atoms with Crippen LogP contribution in [0.15, 0.2) is 12.1 Å². The molecule has 0 radical (unpaired) electrons. The highest BCUT2D eigenvalue weighted by Gasteiger charge is 2.24. The lowest BCUT2D eigenvalue weighted by Gasteiger charge is -2.28. The van der Waals surface area contributed by atoms with Crippen LogP contribution in [0.2, 0.25) is 0 Å². The van der Waals surface area contributed by atoms with Crippen LogP contribution < -0.4 is 9.47 Å². The topological polar surface area (TPSA) is 35.5 Å². The Bertz CT molecular complexity index is 648. The summed E-state index contributed by atoms with van der Waals surface area (Å²) in [6.07, 6.45) is 11.6. The predicted octanol–water partition coefficient (Wildman–Crippen LogP) is 6.33. The van der Waals surface area contributed by atoms with Gasteiger partial charge in [0.2, 0.25) is 11.6 Å². The molecule has 3 nitrogen and oxygen atoms in total. The molecule has 0 heterocycles. The molecule has 0 saturated heterocycles. The van der Waals surface area contributed by atoms with E-state index in [2.05, 4.69) is 6.92 Å². The molecule has 0 atom stereocenters. The quantitative estimate of drug-likeness (QED) is 0.448. The maximum Gasteiger partial charge on any atom is 0.204 e. The Hall–Kier alpha value is -1.65. The Morgan fingerprint density at radius 1 is 0.828 bits per heavy atom. The van der Waals surface area contributed by atoms with Crippen molar-refractivity contribution in [3.63, 3.8) is 0 Å². The van der Waals surface area contributed by atoms with Crippen LogP contribution in [-0.2, 0) is 4.79 Å². The van der Waals surface area contributed by atoms with E-state index in [4.69, 9.17) is 9.47 Å². The number of rotatable bonds is 9. The summed E-state index contributed by atoms with van der Waals surface area (Å²) < 4.78 is 40.0. The van der Waals surface area contributed by atoms with Crippen LogP contribution in [0.5, 0.6) is 11.5 Å². The highest BCUT2D eigenvalue weighted by atomic mass is 19.2. The molecular weight excluding hydrogens is 374 g/mol. The van der Waals surface area contributed by atoms with Crippen molar-refractivity contribution in [2.75, 3.05) is 13.2 Å². The molecule has 2 aliphatic rings. The molecular formula is C24H34F2O3. The van der Waals surface area contributed by atoms with Gasteiger partial charge in [0.15, 0.2) is 11.5 Å². The second kappa shape index (κ2) is 10.9. The van der Waals surface area contributed by atoms with Gasteiger partial charge in [0, 0.05) is 5.92 Å². The molecule has 0 aromatic heterocycles. The lowest BCUT2D eigenvalue weighted by Crippen LogP contribution is -2.21. The molecule has 3 rings (SSSR count). The van der Waals surface area contributed by atoms with Crippen LogP contribution in [-0.4, -0.2) is 19.5 Å². The van der Waals surface area contributed by atoms with Crippen molar-refractivity contribution in [3.05, 3.63) is 23.8 Å². The smallest absolute Gasteiger partial charge is 0.204 e. The van der Waals surface area contributed by atoms with Gasteiger partial charge in [-0.1, -0.05) is 32.6 Å². The molecule has 162 valence electrons. The van der Waals surface area contributed by atoms with Crippen LogP contribution >= 0.6 is 0 Å². The van der Waals surface area contributed by atoms with Gasteiger partial charge >= 0.3 is 0 Å². The third-order valence-electron chi connectivity index (χ3n) is 6.71. The second-order valence-corrected chi connectivity index (χ2v) is 8.90. The number of benzene rings is 1. The summed E-state index contributed by atoms with van der Waals surface area (Å²) in [6.45, 7) is 3.01. The van der Waals surface area contributed by atoms with E-state index >= 15 is 0 Å². The van der Waals surface area contributed by atoms with E-state index in [1.807, 2.05) is 0 Å². The Morgan fingerprint density at radius 2 is 1.28 bits per heavy atom. The van der Waals surface area contributed by atoms with E-state index in [0.717, 1.165) is 50.7 Å². The molecule has 29 heavy (non-hydrogen) atoms. The van der Waals surface area contributed by atoms with Crippen molar-refractivity contribution in [1.29, 1.82) is 0 Å². The number of carbonyl (C=O) groups excluding carboxylic acids is 1. The molecule has 0 spiro atoms. The van der Waals surface area contributed by atoms with Gasteiger partial charge in [-0.25, -0.2) is 0 Å². The summed E-state index contributed by atoms with van der Waals surface area (Å²) >= 11 is 0. The zero-order valence-electron chi connectivity index (χ0n) is 17.5. The number of aldehydes is 1. The highest BCUT2D eigenvalue weighted by Crippen LogP contribution is 2.34. The molecule has 0 N–H and O–H groups in total. The minimum atomic E-state index is -0.976. The minimum Gasteiger partial charge on any atom is -0.490 e. The fourth-order valence-corrected chi connectivity index (χ4v) is 4.74. The molecule has 0 bridgehead atoms. The summed E-state index contributed by atoms with van der Waals surface area (Å²) in [4.78, 5) is 10.8. The number of hydrogen-bond donors (Lipinski definition) is 0. The first-order valence-electron chi connectivity index (χ1n) is 11.3. The van der Waals surface area contributed by atoms with Crippen LogP contribution in [0, 0.1) is 35.3 Å². The molecule has 2 fully saturated rings. The Labute approximate surface area is 173 Å². The first-order chi connectivity index (χ1) is 14.1. The summed E-state index contributed by atoms with van der Waals surface area (Å²) in [6, 6.07) is 2.93. The van der Waals surface area contributed by atoms with Gasteiger partial charge in [0.25, 0.3) is 0 Å². The van der Waals surface area contributed by atoms with Crippen molar-refractivity contribution in [2.24, 2.45) is 23.7 Å². The Balaban J connectivity index is 1.46. The number of hydrogen-bond acceptors (Lipinski definition) is 3. The van der Waals surface area contributed by atoms with Gasteiger partial charge in [0.05, 0.1) is 13.2 Å². The molecule has 0 aliphatic heterocycles. The van der Waals surface area contributed by atoms with E-state index in [1.165, 1.54) is 37.8 Å². The number of halogens is 2. The molecule has 0 unspecified atom stereocenters. The van der Waals surface area contributed by atoms with E-state index in [-0.39, 0.29) is 23.3 Å². The Morgan fingerprint density at radius 3 is 1.72 bits per heavy atom. The van der Waals surface area contributed by atoms with Crippen LogP contribution in [0.1, 0.15) is 71.1 Å². The second-order valence-electron chi connectivity index (χ2n) is 8.90. The molecule has 1 aromatic carbocycles. The molecule has 2 aliphatic carbocycles. The number of ether oxygens (including phenoxy) is 2. The summed E-state index contributed by atoms with van der Waals surface area (Å²) in [5.74, 6) is -0.378. The summed E-state index contributed by atoms with van der Waals surface area (Å²) in [5, 5.41) is 0. The molecule has 1 aromatic rings. The van der Waals surface area contributed by atoms with Crippen LogP contribution in [0.25, 0.3) is 0 Å². The molecule has 0 amide bonds. The van der Waals surface area contributed by atoms with Gasteiger partial charge in [-0.05, 0) is 68.4 Å². The van der Waals surface area contributed by atoms with Crippen molar-refractivity contribution in [1.82, 2.24) is 0 Å². The van der Waals surface area contributed by atoms with Gasteiger partial charge in [-0.15, -0.1) is 0 Å². The van der Waals surface area contributed by atoms with Crippen molar-refractivity contribution in [2.45, 2.75) is 71.1 Å². The van der Waals surface area contributed by atoms with E-state index in [0.29, 0.717) is 19.1 Å². The lowest BCUT2D eigenvalue weighted by molar-refractivity contribution is -0.112. The largest absolute Gasteiger partial charge is 0.490 e. The van der Waals surface area contributed by atoms with Crippen LogP contribution in [0.4, 0.5) is 8.78 Å². The van der Waals surface area contributed by atoms with Crippen molar-refractivity contribution in [3.8, 4) is 11.5 Å². The van der Waals surface area contributed by atoms with Crippen molar-refractivity contribution < 1.29 is 23.0 Å². The van der Waals surface area contributed by atoms with Crippen molar-refractivity contribution >= 4 is 6.29 Å². The van der Waals surface area contributed by atoms with E-state index in [9.17, 15) is 13.6 Å². The number of carbonyl (C=O) groups is 1. The zero-order chi connectivity index (χ0) is 20.6. The Kier molecular flexibility index (Phi) is 8.31. The predicted molar refractivity (Wildman–Crippen MR) is 109 cm³/mol. The first kappa shape index (κ1) is 22.0. The fraction of sp³-hybridized carbons (Fsp3) is 0.708. The van der Waals surface area contributed by atoms with Gasteiger partial charge in [0.1, 0.15) is 6.29 Å². The third kappa shape index (κ3) is 6.16. The average molecular weight is 409 g/mol. The first-order valence-corrected chi connectivity index (χ1v) is 11.3. The average Bonchev–Trinajstić information content (AvgIpc) is 2.76. The van der Waals surface area contributed by atoms with Crippen LogP contribution in [0.3, 0.4) is 0 Å². The van der Waals surface area contributed by atoms with Gasteiger partial charge in [-0.2, -0.15) is 8.78 Å². The summed E-state index contributed by atoms with van der Waals surface area (Å²) in [7, 11) is 0. The normalized spacial score (nSPS) is 27.4. The SMILES string of the molecule is CCCC1CCC(COc2ccc(OCC3CCC(C=O)CC3)c(F)c2F)CC1. The lowest BCUT2D eigenvalue weighted by atomic mass is 9.80. The molecule has 2 saturated carbocycles. The maximum atomic E-state index is 14.4. The maximum absolute atomic E-state index is 14.4. The minimum absolute atomic E-state index is 0.0305. The molecule has 5 heteroatoms. The van der Waals surface area contributed by atoms with Gasteiger partial charge < -0.3 is 14.3 Å².